The molecule has 2 saturated heterocycles. The number of rotatable bonds is 4. The predicted octanol–water partition coefficient (Wildman–Crippen LogP) is 3.12. The minimum absolute atomic E-state index is 0.0254. The van der Waals surface area contributed by atoms with E-state index in [0.717, 1.165) is 18.5 Å². The molecule has 0 aromatic carbocycles. The first-order valence-corrected chi connectivity index (χ1v) is 9.60. The van der Waals surface area contributed by atoms with Gasteiger partial charge in [0.25, 0.3) is 0 Å². The smallest absolute Gasteiger partial charge is 0.410 e. The molecule has 10 heteroatoms. The predicted molar refractivity (Wildman–Crippen MR) is 103 cm³/mol. The van der Waals surface area contributed by atoms with E-state index in [2.05, 4.69) is 15.1 Å². The van der Waals surface area contributed by atoms with Crippen molar-refractivity contribution in [2.75, 3.05) is 31.1 Å². The SMILES string of the molecule is CC(C)(C)OC(=O)N1CCC(n2cc(N3CC(CN=[N+]=[N-])CC3=O)cn2)CC1. The lowest BCUT2D eigenvalue weighted by Gasteiger charge is -2.33. The Morgan fingerprint density at radius 2 is 2.11 bits per heavy atom. The van der Waals surface area contributed by atoms with E-state index in [0.29, 0.717) is 32.6 Å². The summed E-state index contributed by atoms with van der Waals surface area (Å²) in [4.78, 5) is 30.7. The number of anilines is 1. The van der Waals surface area contributed by atoms with Crippen molar-refractivity contribution in [2.24, 2.45) is 11.0 Å². The Bertz CT molecular complexity index is 770. The van der Waals surface area contributed by atoms with Crippen LogP contribution in [0.25, 0.3) is 10.4 Å². The van der Waals surface area contributed by atoms with E-state index in [-0.39, 0.29) is 24.0 Å². The van der Waals surface area contributed by atoms with Crippen LogP contribution in [0.15, 0.2) is 17.5 Å². The third-order valence-corrected chi connectivity index (χ3v) is 5.00. The second-order valence-electron chi connectivity index (χ2n) is 8.37. The van der Waals surface area contributed by atoms with Gasteiger partial charge in [-0.3, -0.25) is 9.48 Å². The molecule has 0 aliphatic carbocycles. The summed E-state index contributed by atoms with van der Waals surface area (Å²) >= 11 is 0. The molecule has 28 heavy (non-hydrogen) atoms. The zero-order valence-electron chi connectivity index (χ0n) is 16.6. The van der Waals surface area contributed by atoms with Gasteiger partial charge in [-0.15, -0.1) is 0 Å². The van der Waals surface area contributed by atoms with E-state index >= 15 is 0 Å². The largest absolute Gasteiger partial charge is 0.444 e. The molecule has 1 unspecified atom stereocenters. The van der Waals surface area contributed by atoms with Gasteiger partial charge in [-0.1, -0.05) is 5.11 Å². The van der Waals surface area contributed by atoms with Crippen LogP contribution in [0.1, 0.15) is 46.1 Å². The number of amides is 2. The lowest BCUT2D eigenvalue weighted by Crippen LogP contribution is -2.42. The molecular formula is C18H27N7O3. The van der Waals surface area contributed by atoms with Crippen LogP contribution in [0.4, 0.5) is 10.5 Å². The molecule has 2 aliphatic heterocycles. The average molecular weight is 389 g/mol. The fraction of sp³-hybridized carbons (Fsp3) is 0.722. The van der Waals surface area contributed by atoms with Crippen LogP contribution in [-0.4, -0.2) is 58.5 Å². The van der Waals surface area contributed by atoms with Gasteiger partial charge in [0, 0.05) is 43.7 Å². The molecule has 3 heterocycles. The summed E-state index contributed by atoms with van der Waals surface area (Å²) in [6.45, 7) is 7.69. The van der Waals surface area contributed by atoms with Gasteiger partial charge in [-0.25, -0.2) is 4.79 Å². The average Bonchev–Trinajstić information content (AvgIpc) is 3.25. The number of piperidine rings is 1. The summed E-state index contributed by atoms with van der Waals surface area (Å²) in [7, 11) is 0. The normalized spacial score (nSPS) is 21.0. The summed E-state index contributed by atoms with van der Waals surface area (Å²) in [6.07, 6.45) is 5.27. The van der Waals surface area contributed by atoms with Gasteiger partial charge >= 0.3 is 6.09 Å². The molecule has 2 fully saturated rings. The molecular weight excluding hydrogens is 362 g/mol. The highest BCUT2D eigenvalue weighted by Gasteiger charge is 2.32. The number of hydrogen-bond donors (Lipinski definition) is 0. The van der Waals surface area contributed by atoms with Crippen molar-refractivity contribution in [3.63, 3.8) is 0 Å². The lowest BCUT2D eigenvalue weighted by atomic mass is 10.1. The fourth-order valence-electron chi connectivity index (χ4n) is 3.61. The molecule has 1 atom stereocenters. The molecule has 2 aliphatic rings. The third-order valence-electron chi connectivity index (χ3n) is 5.00. The van der Waals surface area contributed by atoms with Crippen LogP contribution in [0.2, 0.25) is 0 Å². The first-order chi connectivity index (χ1) is 13.3. The van der Waals surface area contributed by atoms with Crippen LogP contribution >= 0.6 is 0 Å². The number of likely N-dealkylation sites (tertiary alicyclic amines) is 1. The number of nitrogens with zero attached hydrogens (tertiary/aromatic N) is 7. The molecule has 152 valence electrons. The molecule has 2 amide bonds. The minimum Gasteiger partial charge on any atom is -0.444 e. The monoisotopic (exact) mass is 389 g/mol. The first-order valence-electron chi connectivity index (χ1n) is 9.60. The summed E-state index contributed by atoms with van der Waals surface area (Å²) in [5, 5.41) is 8.02. The third kappa shape index (κ3) is 4.75. The Morgan fingerprint density at radius 1 is 1.39 bits per heavy atom. The highest BCUT2D eigenvalue weighted by Crippen LogP contribution is 2.28. The van der Waals surface area contributed by atoms with Crippen molar-refractivity contribution in [1.82, 2.24) is 14.7 Å². The number of aromatic nitrogens is 2. The van der Waals surface area contributed by atoms with Crippen molar-refractivity contribution in [3.05, 3.63) is 22.8 Å². The van der Waals surface area contributed by atoms with Crippen molar-refractivity contribution in [2.45, 2.75) is 51.7 Å². The van der Waals surface area contributed by atoms with Gasteiger partial charge < -0.3 is 14.5 Å². The van der Waals surface area contributed by atoms with E-state index in [4.69, 9.17) is 10.3 Å². The molecule has 0 spiro atoms. The molecule has 1 aromatic rings. The van der Waals surface area contributed by atoms with Crippen molar-refractivity contribution in [3.8, 4) is 0 Å². The minimum atomic E-state index is -0.497. The highest BCUT2D eigenvalue weighted by atomic mass is 16.6. The Morgan fingerprint density at radius 3 is 2.75 bits per heavy atom. The van der Waals surface area contributed by atoms with Crippen molar-refractivity contribution >= 4 is 17.7 Å². The summed E-state index contributed by atoms with van der Waals surface area (Å²) in [5.41, 5.74) is 8.72. The molecule has 3 rings (SSSR count). The van der Waals surface area contributed by atoms with E-state index in [1.165, 1.54) is 0 Å². The van der Waals surface area contributed by atoms with Crippen molar-refractivity contribution < 1.29 is 14.3 Å². The van der Waals surface area contributed by atoms with Crippen LogP contribution in [0.3, 0.4) is 0 Å². The van der Waals surface area contributed by atoms with E-state index in [9.17, 15) is 9.59 Å². The Hall–Kier alpha value is -2.74. The Kier molecular flexibility index (Phi) is 5.79. The van der Waals surface area contributed by atoms with Crippen LogP contribution in [-0.2, 0) is 9.53 Å². The lowest BCUT2D eigenvalue weighted by molar-refractivity contribution is -0.117. The topological polar surface area (TPSA) is 116 Å². The number of carbonyl (C=O) groups excluding carboxylic acids is 2. The molecule has 0 N–H and O–H groups in total. The molecule has 0 saturated carbocycles. The number of ether oxygens (including phenoxy) is 1. The number of carbonyl (C=O) groups is 2. The second-order valence-corrected chi connectivity index (χ2v) is 8.37. The quantitative estimate of drug-likeness (QED) is 0.447. The van der Waals surface area contributed by atoms with Gasteiger partial charge in [-0.2, -0.15) is 5.10 Å². The highest BCUT2D eigenvalue weighted by molar-refractivity contribution is 5.95. The molecule has 0 bridgehead atoms. The zero-order valence-corrected chi connectivity index (χ0v) is 16.6. The number of hydrogen-bond acceptors (Lipinski definition) is 5. The fourth-order valence-corrected chi connectivity index (χ4v) is 3.61. The zero-order chi connectivity index (χ0) is 20.3. The molecule has 0 radical (unpaired) electrons. The van der Waals surface area contributed by atoms with Gasteiger partial charge in [0.15, 0.2) is 0 Å². The first kappa shape index (κ1) is 20.0. The maximum Gasteiger partial charge on any atom is 0.410 e. The number of azide groups is 1. The Labute approximate surface area is 164 Å². The van der Waals surface area contributed by atoms with E-state index in [1.807, 2.05) is 31.6 Å². The second kappa shape index (κ2) is 8.10. The summed E-state index contributed by atoms with van der Waals surface area (Å²) in [6, 6.07) is 0.184. The maximum absolute atomic E-state index is 12.3. The standard InChI is InChI=1S/C18H27N7O3/c1-18(2,3)28-17(27)23-6-4-14(5-7-23)25-12-15(10-21-25)24-11-13(8-16(24)26)9-20-22-19/h10,12-14H,4-9,11H2,1-3H3. The Balaban J connectivity index is 1.56. The summed E-state index contributed by atoms with van der Waals surface area (Å²) in [5.74, 6) is 0.0706. The van der Waals surface area contributed by atoms with Crippen LogP contribution in [0.5, 0.6) is 0 Å². The van der Waals surface area contributed by atoms with Gasteiger partial charge in [0.1, 0.15) is 5.60 Å². The van der Waals surface area contributed by atoms with Crippen LogP contribution < -0.4 is 4.90 Å². The summed E-state index contributed by atoms with van der Waals surface area (Å²) < 4.78 is 7.31. The van der Waals surface area contributed by atoms with Gasteiger partial charge in [0.05, 0.1) is 17.9 Å². The van der Waals surface area contributed by atoms with Crippen molar-refractivity contribution in [1.29, 1.82) is 0 Å². The van der Waals surface area contributed by atoms with E-state index < -0.39 is 5.60 Å². The van der Waals surface area contributed by atoms with Gasteiger partial charge in [0.2, 0.25) is 5.91 Å². The maximum atomic E-state index is 12.3. The van der Waals surface area contributed by atoms with Gasteiger partial charge in [-0.05, 0) is 45.1 Å². The molecule has 10 nitrogen and oxygen atoms in total. The van der Waals surface area contributed by atoms with E-state index in [1.54, 1.807) is 16.0 Å². The molecule has 1 aromatic heterocycles. The van der Waals surface area contributed by atoms with Crippen LogP contribution in [0, 0.1) is 5.92 Å².